The highest BCUT2D eigenvalue weighted by atomic mass is 19.1. The standard InChI is InChI=1S/C14H20FN3/c15-12-3-1-11(2-4-12)13-9-14(13)17-10-18-7-5-16-6-8-18/h1-4,13-14,16-17H,5-10H2. The summed E-state index contributed by atoms with van der Waals surface area (Å²) in [5.41, 5.74) is 1.26. The van der Waals surface area contributed by atoms with Crippen molar-refractivity contribution in [1.82, 2.24) is 15.5 Å². The van der Waals surface area contributed by atoms with Gasteiger partial charge in [-0.25, -0.2) is 4.39 Å². The summed E-state index contributed by atoms with van der Waals surface area (Å²) < 4.78 is 12.8. The summed E-state index contributed by atoms with van der Waals surface area (Å²) in [6.45, 7) is 5.41. The van der Waals surface area contributed by atoms with Crippen LogP contribution in [0.4, 0.5) is 4.39 Å². The van der Waals surface area contributed by atoms with E-state index in [0.717, 1.165) is 32.8 Å². The van der Waals surface area contributed by atoms with E-state index in [4.69, 9.17) is 0 Å². The maximum absolute atomic E-state index is 12.8. The van der Waals surface area contributed by atoms with Crippen LogP contribution in [0.1, 0.15) is 17.9 Å². The number of benzene rings is 1. The third-order valence-electron chi connectivity index (χ3n) is 3.88. The minimum Gasteiger partial charge on any atom is -0.314 e. The number of hydrogen-bond acceptors (Lipinski definition) is 3. The summed E-state index contributed by atoms with van der Waals surface area (Å²) in [6, 6.07) is 7.51. The molecule has 0 bridgehead atoms. The fraction of sp³-hybridized carbons (Fsp3) is 0.571. The van der Waals surface area contributed by atoms with Gasteiger partial charge in [0, 0.05) is 44.8 Å². The average Bonchev–Trinajstić information content (AvgIpc) is 3.18. The number of nitrogens with one attached hydrogen (secondary N) is 2. The van der Waals surface area contributed by atoms with Gasteiger partial charge < -0.3 is 10.6 Å². The van der Waals surface area contributed by atoms with Crippen LogP contribution < -0.4 is 10.6 Å². The van der Waals surface area contributed by atoms with Crippen LogP contribution in [0, 0.1) is 5.82 Å². The Labute approximate surface area is 107 Å². The maximum Gasteiger partial charge on any atom is 0.123 e. The van der Waals surface area contributed by atoms with E-state index in [9.17, 15) is 4.39 Å². The molecule has 1 heterocycles. The van der Waals surface area contributed by atoms with Crippen molar-refractivity contribution in [2.45, 2.75) is 18.4 Å². The second kappa shape index (κ2) is 5.34. The SMILES string of the molecule is Fc1ccc(C2CC2NCN2CCNCC2)cc1. The van der Waals surface area contributed by atoms with Gasteiger partial charge in [-0.1, -0.05) is 12.1 Å². The molecule has 1 saturated heterocycles. The van der Waals surface area contributed by atoms with Gasteiger partial charge in [0.25, 0.3) is 0 Å². The van der Waals surface area contributed by atoms with Gasteiger partial charge in [-0.3, -0.25) is 4.90 Å². The van der Waals surface area contributed by atoms with Crippen LogP contribution in [-0.4, -0.2) is 43.8 Å². The van der Waals surface area contributed by atoms with Gasteiger partial charge in [-0.2, -0.15) is 0 Å². The molecule has 2 fully saturated rings. The number of nitrogens with zero attached hydrogens (tertiary/aromatic N) is 1. The van der Waals surface area contributed by atoms with Crippen molar-refractivity contribution in [3.63, 3.8) is 0 Å². The topological polar surface area (TPSA) is 27.3 Å². The Morgan fingerprint density at radius 1 is 1.22 bits per heavy atom. The molecular weight excluding hydrogens is 229 g/mol. The van der Waals surface area contributed by atoms with Crippen LogP contribution in [0.15, 0.2) is 24.3 Å². The molecule has 1 aliphatic carbocycles. The summed E-state index contributed by atoms with van der Waals surface area (Å²) in [4.78, 5) is 2.44. The van der Waals surface area contributed by atoms with Gasteiger partial charge >= 0.3 is 0 Å². The second-order valence-electron chi connectivity index (χ2n) is 5.23. The molecule has 3 nitrogen and oxygen atoms in total. The van der Waals surface area contributed by atoms with Crippen molar-refractivity contribution in [3.05, 3.63) is 35.6 Å². The Bertz CT molecular complexity index is 387. The molecule has 0 amide bonds. The Morgan fingerprint density at radius 2 is 1.94 bits per heavy atom. The van der Waals surface area contributed by atoms with E-state index >= 15 is 0 Å². The van der Waals surface area contributed by atoms with Crippen LogP contribution in [0.25, 0.3) is 0 Å². The summed E-state index contributed by atoms with van der Waals surface area (Å²) in [5, 5.41) is 6.95. The van der Waals surface area contributed by atoms with Gasteiger partial charge in [0.15, 0.2) is 0 Å². The van der Waals surface area contributed by atoms with E-state index < -0.39 is 0 Å². The van der Waals surface area contributed by atoms with Crippen molar-refractivity contribution < 1.29 is 4.39 Å². The Hall–Kier alpha value is -0.970. The molecule has 4 heteroatoms. The maximum atomic E-state index is 12.8. The molecule has 2 unspecified atom stereocenters. The number of rotatable bonds is 4. The highest BCUT2D eigenvalue weighted by Gasteiger charge is 2.37. The predicted molar refractivity (Wildman–Crippen MR) is 70.0 cm³/mol. The summed E-state index contributed by atoms with van der Waals surface area (Å²) in [7, 11) is 0. The lowest BCUT2D eigenvalue weighted by Crippen LogP contribution is -2.47. The number of piperazine rings is 1. The molecule has 0 aromatic heterocycles. The predicted octanol–water partition coefficient (Wildman–Crippen LogP) is 1.13. The molecular formula is C14H20FN3. The molecule has 1 aromatic carbocycles. The second-order valence-corrected chi connectivity index (χ2v) is 5.23. The van der Waals surface area contributed by atoms with Gasteiger partial charge in [-0.15, -0.1) is 0 Å². The summed E-state index contributed by atoms with van der Waals surface area (Å²) in [6.07, 6.45) is 1.18. The fourth-order valence-corrected chi connectivity index (χ4v) is 2.61. The first-order chi connectivity index (χ1) is 8.83. The first kappa shape index (κ1) is 12.1. The van der Waals surface area contributed by atoms with E-state index in [0.29, 0.717) is 12.0 Å². The third kappa shape index (κ3) is 2.88. The Balaban J connectivity index is 1.45. The molecule has 3 rings (SSSR count). The van der Waals surface area contributed by atoms with Gasteiger partial charge in [0.2, 0.25) is 0 Å². The van der Waals surface area contributed by atoms with Gasteiger partial charge in [-0.05, 0) is 24.1 Å². The summed E-state index contributed by atoms with van der Waals surface area (Å²) >= 11 is 0. The van der Waals surface area contributed by atoms with Gasteiger partial charge in [0.05, 0.1) is 0 Å². The van der Waals surface area contributed by atoms with Crippen LogP contribution in [-0.2, 0) is 0 Å². The zero-order chi connectivity index (χ0) is 12.4. The normalized spacial score (nSPS) is 28.3. The van der Waals surface area contributed by atoms with Crippen LogP contribution in [0.5, 0.6) is 0 Å². The number of hydrogen-bond donors (Lipinski definition) is 2. The molecule has 2 aliphatic rings. The molecule has 1 aliphatic heterocycles. The first-order valence-electron chi connectivity index (χ1n) is 6.75. The molecule has 1 saturated carbocycles. The smallest absolute Gasteiger partial charge is 0.123 e. The van der Waals surface area contributed by atoms with E-state index in [-0.39, 0.29) is 5.82 Å². The lowest BCUT2D eigenvalue weighted by atomic mass is 10.1. The first-order valence-corrected chi connectivity index (χ1v) is 6.75. The van der Waals surface area contributed by atoms with Crippen LogP contribution in [0.3, 0.4) is 0 Å². The Morgan fingerprint density at radius 3 is 2.67 bits per heavy atom. The highest BCUT2D eigenvalue weighted by Crippen LogP contribution is 2.40. The van der Waals surface area contributed by atoms with Crippen molar-refractivity contribution in [1.29, 1.82) is 0 Å². The van der Waals surface area contributed by atoms with Crippen molar-refractivity contribution in [2.24, 2.45) is 0 Å². The third-order valence-corrected chi connectivity index (χ3v) is 3.88. The molecule has 2 N–H and O–H groups in total. The minimum atomic E-state index is -0.148. The molecule has 0 radical (unpaired) electrons. The van der Waals surface area contributed by atoms with E-state index in [1.54, 1.807) is 12.1 Å². The average molecular weight is 249 g/mol. The van der Waals surface area contributed by atoms with E-state index in [2.05, 4.69) is 15.5 Å². The van der Waals surface area contributed by atoms with E-state index in [1.165, 1.54) is 12.0 Å². The van der Waals surface area contributed by atoms with Crippen molar-refractivity contribution in [2.75, 3.05) is 32.8 Å². The zero-order valence-electron chi connectivity index (χ0n) is 10.5. The minimum absolute atomic E-state index is 0.148. The lowest BCUT2D eigenvalue weighted by molar-refractivity contribution is 0.222. The molecule has 1 aromatic rings. The van der Waals surface area contributed by atoms with E-state index in [1.807, 2.05) is 12.1 Å². The molecule has 98 valence electrons. The quantitative estimate of drug-likeness (QED) is 0.838. The van der Waals surface area contributed by atoms with Crippen molar-refractivity contribution in [3.8, 4) is 0 Å². The molecule has 18 heavy (non-hydrogen) atoms. The summed E-state index contributed by atoms with van der Waals surface area (Å²) in [5.74, 6) is 0.429. The lowest BCUT2D eigenvalue weighted by Gasteiger charge is -2.27. The molecule has 0 spiro atoms. The number of halogens is 1. The highest BCUT2D eigenvalue weighted by molar-refractivity contribution is 5.28. The monoisotopic (exact) mass is 249 g/mol. The largest absolute Gasteiger partial charge is 0.314 e. The van der Waals surface area contributed by atoms with Crippen molar-refractivity contribution >= 4 is 0 Å². The van der Waals surface area contributed by atoms with Gasteiger partial charge in [0.1, 0.15) is 5.82 Å². The fourth-order valence-electron chi connectivity index (χ4n) is 2.61. The molecule has 2 atom stereocenters. The zero-order valence-corrected chi connectivity index (χ0v) is 10.5. The van der Waals surface area contributed by atoms with Crippen LogP contribution >= 0.6 is 0 Å². The van der Waals surface area contributed by atoms with Crippen LogP contribution in [0.2, 0.25) is 0 Å². The Kier molecular flexibility index (Phi) is 3.59.